The van der Waals surface area contributed by atoms with E-state index >= 15 is 0 Å². The van der Waals surface area contributed by atoms with Crippen molar-refractivity contribution >= 4 is 29.1 Å². The van der Waals surface area contributed by atoms with Crippen molar-refractivity contribution < 1.29 is 14.4 Å². The highest BCUT2D eigenvalue weighted by molar-refractivity contribution is 7.12. The summed E-state index contributed by atoms with van der Waals surface area (Å²) in [6, 6.07) is 3.47. The molecule has 0 spiro atoms. The Morgan fingerprint density at radius 1 is 1.35 bits per heavy atom. The molecule has 1 aromatic heterocycles. The van der Waals surface area contributed by atoms with E-state index in [0.29, 0.717) is 11.4 Å². The van der Waals surface area contributed by atoms with Gasteiger partial charge in [0, 0.05) is 13.6 Å². The van der Waals surface area contributed by atoms with Crippen molar-refractivity contribution in [1.29, 1.82) is 0 Å². The molecule has 0 bridgehead atoms. The monoisotopic (exact) mass is 297 g/mol. The molecule has 0 aliphatic carbocycles. The topological polar surface area (TPSA) is 78.5 Å². The van der Waals surface area contributed by atoms with E-state index in [-0.39, 0.29) is 30.8 Å². The summed E-state index contributed by atoms with van der Waals surface area (Å²) in [7, 11) is 1.52. The number of nitrogens with one attached hydrogen (secondary N) is 2. The normalized spacial score (nSPS) is 9.90. The fourth-order valence-electron chi connectivity index (χ4n) is 1.58. The van der Waals surface area contributed by atoms with Gasteiger partial charge < -0.3 is 15.5 Å². The molecule has 1 aromatic rings. The number of rotatable bonds is 7. The van der Waals surface area contributed by atoms with Crippen LogP contribution in [0, 0.1) is 0 Å². The summed E-state index contributed by atoms with van der Waals surface area (Å²) in [5.41, 5.74) is 0. The van der Waals surface area contributed by atoms with Gasteiger partial charge in [-0.05, 0) is 17.9 Å². The van der Waals surface area contributed by atoms with Crippen LogP contribution >= 0.6 is 11.3 Å². The van der Waals surface area contributed by atoms with E-state index < -0.39 is 0 Å². The van der Waals surface area contributed by atoms with Crippen LogP contribution in [0.25, 0.3) is 0 Å². The minimum atomic E-state index is -0.273. The number of carbonyl (C=O) groups is 3. The summed E-state index contributed by atoms with van der Waals surface area (Å²) in [4.78, 5) is 37.0. The molecule has 1 heterocycles. The van der Waals surface area contributed by atoms with Gasteiger partial charge in [0.1, 0.15) is 0 Å². The molecule has 3 amide bonds. The number of nitrogens with zero attached hydrogens (tertiary/aromatic N) is 1. The summed E-state index contributed by atoms with van der Waals surface area (Å²) < 4.78 is 0. The van der Waals surface area contributed by atoms with Gasteiger partial charge in [0.25, 0.3) is 5.91 Å². The summed E-state index contributed by atoms with van der Waals surface area (Å²) in [5, 5.41) is 6.84. The second-order valence-electron chi connectivity index (χ2n) is 4.15. The van der Waals surface area contributed by atoms with Crippen LogP contribution in [-0.2, 0) is 9.59 Å². The molecule has 0 saturated heterocycles. The third kappa shape index (κ3) is 5.00. The molecule has 0 atom stereocenters. The molecule has 1 rings (SSSR count). The number of amides is 3. The average Bonchev–Trinajstić information content (AvgIpc) is 2.97. The first-order valence-corrected chi connectivity index (χ1v) is 7.26. The zero-order valence-electron chi connectivity index (χ0n) is 11.6. The van der Waals surface area contributed by atoms with Crippen LogP contribution in [0.3, 0.4) is 0 Å². The third-order valence-corrected chi connectivity index (χ3v) is 3.47. The lowest BCUT2D eigenvalue weighted by Crippen LogP contribution is -2.44. The van der Waals surface area contributed by atoms with Crippen LogP contribution in [0.1, 0.15) is 23.0 Å². The van der Waals surface area contributed by atoms with E-state index in [1.165, 1.54) is 23.3 Å². The van der Waals surface area contributed by atoms with E-state index in [0.717, 1.165) is 6.42 Å². The molecule has 0 aliphatic heterocycles. The van der Waals surface area contributed by atoms with E-state index in [1.807, 2.05) is 6.92 Å². The number of hydrogen-bond acceptors (Lipinski definition) is 4. The highest BCUT2D eigenvalue weighted by atomic mass is 32.1. The number of thiophene rings is 1. The summed E-state index contributed by atoms with van der Waals surface area (Å²) in [6.07, 6.45) is 0.752. The van der Waals surface area contributed by atoms with E-state index in [4.69, 9.17) is 0 Å². The van der Waals surface area contributed by atoms with Crippen molar-refractivity contribution in [2.24, 2.45) is 0 Å². The Balaban J connectivity index is 2.49. The summed E-state index contributed by atoms with van der Waals surface area (Å²) in [5.74, 6) is -0.763. The van der Waals surface area contributed by atoms with Crippen LogP contribution in [-0.4, -0.2) is 49.3 Å². The van der Waals surface area contributed by atoms with Crippen molar-refractivity contribution in [2.45, 2.75) is 13.3 Å². The zero-order chi connectivity index (χ0) is 15.0. The van der Waals surface area contributed by atoms with E-state index in [2.05, 4.69) is 10.6 Å². The molecule has 0 radical (unpaired) electrons. The first-order chi connectivity index (χ1) is 9.58. The smallest absolute Gasteiger partial charge is 0.261 e. The predicted octanol–water partition coefficient (Wildman–Crippen LogP) is 0.462. The SMILES string of the molecule is CCCN(CC(=O)NC)C(=O)CNC(=O)c1cccs1. The Bertz CT molecular complexity index is 459. The van der Waals surface area contributed by atoms with E-state index in [1.54, 1.807) is 17.5 Å². The number of hydrogen-bond donors (Lipinski definition) is 2. The molecular weight excluding hydrogens is 278 g/mol. The van der Waals surface area contributed by atoms with Gasteiger partial charge in [-0.2, -0.15) is 0 Å². The molecule has 6 nitrogen and oxygen atoms in total. The van der Waals surface area contributed by atoms with Gasteiger partial charge in [0.05, 0.1) is 18.0 Å². The third-order valence-electron chi connectivity index (χ3n) is 2.60. The Morgan fingerprint density at radius 3 is 2.65 bits per heavy atom. The standard InChI is InChI=1S/C13H19N3O3S/c1-3-6-16(9-11(17)14-2)12(18)8-15-13(19)10-5-4-7-20-10/h4-5,7H,3,6,8-9H2,1-2H3,(H,14,17)(H,15,19). The van der Waals surface area contributed by atoms with Crippen LogP contribution in [0.2, 0.25) is 0 Å². The van der Waals surface area contributed by atoms with Crippen LogP contribution in [0.5, 0.6) is 0 Å². The molecule has 0 aromatic carbocycles. The molecule has 20 heavy (non-hydrogen) atoms. The van der Waals surface area contributed by atoms with Crippen LogP contribution in [0.15, 0.2) is 17.5 Å². The highest BCUT2D eigenvalue weighted by Crippen LogP contribution is 2.07. The van der Waals surface area contributed by atoms with Crippen molar-refractivity contribution in [3.63, 3.8) is 0 Å². The lowest BCUT2D eigenvalue weighted by atomic mass is 10.3. The largest absolute Gasteiger partial charge is 0.358 e. The van der Waals surface area contributed by atoms with Crippen LogP contribution in [0.4, 0.5) is 0 Å². The highest BCUT2D eigenvalue weighted by Gasteiger charge is 2.17. The van der Waals surface area contributed by atoms with Crippen molar-refractivity contribution in [3.8, 4) is 0 Å². The number of likely N-dealkylation sites (N-methyl/N-ethyl adjacent to an activating group) is 1. The molecule has 0 saturated carbocycles. The maximum Gasteiger partial charge on any atom is 0.261 e. The molecule has 110 valence electrons. The average molecular weight is 297 g/mol. The van der Waals surface area contributed by atoms with Gasteiger partial charge in [-0.25, -0.2) is 0 Å². The molecule has 7 heteroatoms. The minimum Gasteiger partial charge on any atom is -0.358 e. The van der Waals surface area contributed by atoms with Gasteiger partial charge in [-0.3, -0.25) is 14.4 Å². The Labute approximate surface area is 122 Å². The van der Waals surface area contributed by atoms with Crippen LogP contribution < -0.4 is 10.6 Å². The van der Waals surface area contributed by atoms with Crippen molar-refractivity contribution in [3.05, 3.63) is 22.4 Å². The fraction of sp³-hybridized carbons (Fsp3) is 0.462. The van der Waals surface area contributed by atoms with Gasteiger partial charge in [-0.15, -0.1) is 11.3 Å². The second-order valence-corrected chi connectivity index (χ2v) is 5.10. The Hall–Kier alpha value is -1.89. The van der Waals surface area contributed by atoms with Gasteiger partial charge >= 0.3 is 0 Å². The van der Waals surface area contributed by atoms with Gasteiger partial charge in [0.2, 0.25) is 11.8 Å². The summed E-state index contributed by atoms with van der Waals surface area (Å²) in [6.45, 7) is 2.32. The Kier molecular flexibility index (Phi) is 6.72. The maximum atomic E-state index is 12.0. The maximum absolute atomic E-state index is 12.0. The lowest BCUT2D eigenvalue weighted by molar-refractivity contribution is -0.135. The first kappa shape index (κ1) is 16.2. The quantitative estimate of drug-likeness (QED) is 0.767. The second kappa shape index (κ2) is 8.31. The van der Waals surface area contributed by atoms with Gasteiger partial charge in [-0.1, -0.05) is 13.0 Å². The molecule has 0 unspecified atom stereocenters. The molecule has 0 aliphatic rings. The fourth-order valence-corrected chi connectivity index (χ4v) is 2.22. The molecular formula is C13H19N3O3S. The van der Waals surface area contributed by atoms with Gasteiger partial charge in [0.15, 0.2) is 0 Å². The van der Waals surface area contributed by atoms with Crippen molar-refractivity contribution in [1.82, 2.24) is 15.5 Å². The first-order valence-electron chi connectivity index (χ1n) is 6.38. The predicted molar refractivity (Wildman–Crippen MR) is 77.6 cm³/mol. The molecule has 2 N–H and O–H groups in total. The van der Waals surface area contributed by atoms with E-state index in [9.17, 15) is 14.4 Å². The lowest BCUT2D eigenvalue weighted by Gasteiger charge is -2.21. The zero-order valence-corrected chi connectivity index (χ0v) is 12.5. The molecule has 0 fully saturated rings. The minimum absolute atomic E-state index is 0.0120. The van der Waals surface area contributed by atoms with Crippen molar-refractivity contribution in [2.75, 3.05) is 26.7 Å². The summed E-state index contributed by atoms with van der Waals surface area (Å²) >= 11 is 1.31. The Morgan fingerprint density at radius 2 is 2.10 bits per heavy atom. The number of carbonyl (C=O) groups excluding carboxylic acids is 3.